The standard InChI is InChI=1S/C26H32N4O2/c1-5-28(6-2)19(3)15-16-30-26(31)25-17-21-9-7-8-10-24(21)29(25)18-23(27-30)20-11-13-22(32-4)14-12-20/h7-14,17,19H,5-6,15-16,18H2,1-4H3/t19-/m1/s1. The number of carbonyl (C=O) groups excluding carboxylic acids is 1. The summed E-state index contributed by atoms with van der Waals surface area (Å²) in [6.07, 6.45) is 0.868. The zero-order valence-corrected chi connectivity index (χ0v) is 19.4. The van der Waals surface area contributed by atoms with E-state index in [1.807, 2.05) is 42.5 Å². The number of carbonyl (C=O) groups is 1. The van der Waals surface area contributed by atoms with E-state index in [1.165, 1.54) is 0 Å². The lowest BCUT2D eigenvalue weighted by molar-refractivity contribution is 0.0738. The van der Waals surface area contributed by atoms with Gasteiger partial charge >= 0.3 is 0 Å². The molecular weight excluding hydrogens is 400 g/mol. The quantitative estimate of drug-likeness (QED) is 0.521. The number of amides is 1. The molecular formula is C26H32N4O2. The van der Waals surface area contributed by atoms with E-state index in [-0.39, 0.29) is 5.91 Å². The Hall–Kier alpha value is -3.12. The molecule has 0 bridgehead atoms. The molecule has 0 unspecified atom stereocenters. The van der Waals surface area contributed by atoms with Crippen molar-refractivity contribution in [3.05, 3.63) is 65.9 Å². The average molecular weight is 433 g/mol. The van der Waals surface area contributed by atoms with E-state index in [1.54, 1.807) is 12.1 Å². The summed E-state index contributed by atoms with van der Waals surface area (Å²) >= 11 is 0. The summed E-state index contributed by atoms with van der Waals surface area (Å²) in [6, 6.07) is 18.4. The molecule has 3 aromatic rings. The molecule has 1 atom stereocenters. The molecule has 1 amide bonds. The molecule has 1 aromatic heterocycles. The third-order valence-electron chi connectivity index (χ3n) is 6.43. The zero-order valence-electron chi connectivity index (χ0n) is 19.4. The molecule has 0 fully saturated rings. The van der Waals surface area contributed by atoms with Gasteiger partial charge in [0.1, 0.15) is 11.4 Å². The number of hydrogen-bond acceptors (Lipinski definition) is 4. The number of para-hydroxylation sites is 1. The minimum Gasteiger partial charge on any atom is -0.497 e. The van der Waals surface area contributed by atoms with Gasteiger partial charge in [-0.1, -0.05) is 32.0 Å². The molecule has 1 aliphatic rings. The lowest BCUT2D eigenvalue weighted by Crippen LogP contribution is -2.36. The van der Waals surface area contributed by atoms with Crippen molar-refractivity contribution in [2.75, 3.05) is 26.7 Å². The Morgan fingerprint density at radius 3 is 2.50 bits per heavy atom. The Bertz CT molecular complexity index is 1110. The summed E-state index contributed by atoms with van der Waals surface area (Å²) in [7, 11) is 1.66. The fourth-order valence-corrected chi connectivity index (χ4v) is 4.49. The number of ether oxygens (including phenoxy) is 1. The monoisotopic (exact) mass is 432 g/mol. The summed E-state index contributed by atoms with van der Waals surface area (Å²) in [4.78, 5) is 16.0. The van der Waals surface area contributed by atoms with Crippen molar-refractivity contribution >= 4 is 22.5 Å². The minimum atomic E-state index is -0.0449. The summed E-state index contributed by atoms with van der Waals surface area (Å²) in [5, 5.41) is 7.62. The smallest absolute Gasteiger partial charge is 0.290 e. The first-order chi connectivity index (χ1) is 15.5. The maximum atomic E-state index is 13.6. The van der Waals surface area contributed by atoms with Crippen molar-refractivity contribution in [1.29, 1.82) is 0 Å². The zero-order chi connectivity index (χ0) is 22.7. The van der Waals surface area contributed by atoms with Gasteiger partial charge in [0.15, 0.2) is 0 Å². The molecule has 6 heteroatoms. The molecule has 0 saturated heterocycles. The van der Waals surface area contributed by atoms with Gasteiger partial charge in [0, 0.05) is 23.5 Å². The Kier molecular flexibility index (Phi) is 6.61. The lowest BCUT2D eigenvalue weighted by Gasteiger charge is -2.27. The molecule has 0 radical (unpaired) electrons. The number of nitrogens with zero attached hydrogens (tertiary/aromatic N) is 4. The first-order valence-electron chi connectivity index (χ1n) is 11.4. The number of hydrogen-bond donors (Lipinski definition) is 0. The molecule has 0 spiro atoms. The van der Waals surface area contributed by atoms with E-state index in [0.29, 0.717) is 24.8 Å². The maximum absolute atomic E-state index is 13.6. The summed E-state index contributed by atoms with van der Waals surface area (Å²) in [5.41, 5.74) is 3.60. The third-order valence-corrected chi connectivity index (χ3v) is 6.43. The Labute approximate surface area is 190 Å². The van der Waals surface area contributed by atoms with Gasteiger partial charge in [-0.25, -0.2) is 5.01 Å². The van der Waals surface area contributed by atoms with Crippen molar-refractivity contribution in [2.45, 2.75) is 39.8 Å². The van der Waals surface area contributed by atoms with Crippen LogP contribution in [0.15, 0.2) is 59.7 Å². The molecule has 6 nitrogen and oxygen atoms in total. The van der Waals surface area contributed by atoms with E-state index in [4.69, 9.17) is 9.84 Å². The fourth-order valence-electron chi connectivity index (χ4n) is 4.49. The van der Waals surface area contributed by atoms with Gasteiger partial charge in [0.05, 0.1) is 19.4 Å². The van der Waals surface area contributed by atoms with Crippen LogP contribution >= 0.6 is 0 Å². The van der Waals surface area contributed by atoms with Crippen LogP contribution in [0.1, 0.15) is 43.2 Å². The molecule has 1 aliphatic heterocycles. The summed E-state index contributed by atoms with van der Waals surface area (Å²) in [5.74, 6) is 0.757. The second-order valence-electron chi connectivity index (χ2n) is 8.24. The van der Waals surface area contributed by atoms with E-state index < -0.39 is 0 Å². The van der Waals surface area contributed by atoms with Crippen LogP contribution in [0.4, 0.5) is 0 Å². The number of fused-ring (bicyclic) bond motifs is 3. The van der Waals surface area contributed by atoms with Gasteiger partial charge in [0.2, 0.25) is 0 Å². The van der Waals surface area contributed by atoms with Crippen LogP contribution in [-0.2, 0) is 6.54 Å². The predicted octanol–water partition coefficient (Wildman–Crippen LogP) is 4.63. The van der Waals surface area contributed by atoms with Gasteiger partial charge in [-0.15, -0.1) is 0 Å². The van der Waals surface area contributed by atoms with Crippen molar-refractivity contribution in [3.8, 4) is 5.75 Å². The topological polar surface area (TPSA) is 50.1 Å². The van der Waals surface area contributed by atoms with Gasteiger partial charge < -0.3 is 14.2 Å². The summed E-state index contributed by atoms with van der Waals surface area (Å²) in [6.45, 7) is 9.70. The Morgan fingerprint density at radius 2 is 1.81 bits per heavy atom. The fraction of sp³-hybridized carbons (Fsp3) is 0.385. The maximum Gasteiger partial charge on any atom is 0.290 e. The highest BCUT2D eigenvalue weighted by Gasteiger charge is 2.27. The highest BCUT2D eigenvalue weighted by Crippen LogP contribution is 2.25. The van der Waals surface area contributed by atoms with Crippen LogP contribution in [0, 0.1) is 0 Å². The average Bonchev–Trinajstić information content (AvgIpc) is 3.13. The number of methoxy groups -OCH3 is 1. The number of hydrazone groups is 1. The summed E-state index contributed by atoms with van der Waals surface area (Å²) < 4.78 is 7.41. The highest BCUT2D eigenvalue weighted by molar-refractivity contribution is 6.06. The molecule has 32 heavy (non-hydrogen) atoms. The second-order valence-corrected chi connectivity index (χ2v) is 8.24. The Morgan fingerprint density at radius 1 is 1.09 bits per heavy atom. The normalized spacial score (nSPS) is 15.0. The molecule has 4 rings (SSSR count). The van der Waals surface area contributed by atoms with Crippen LogP contribution < -0.4 is 4.74 Å². The van der Waals surface area contributed by atoms with E-state index in [0.717, 1.165) is 47.4 Å². The van der Waals surface area contributed by atoms with Crippen molar-refractivity contribution in [1.82, 2.24) is 14.5 Å². The number of rotatable bonds is 8. The first-order valence-corrected chi connectivity index (χ1v) is 11.4. The van der Waals surface area contributed by atoms with Gasteiger partial charge in [-0.3, -0.25) is 4.79 Å². The van der Waals surface area contributed by atoms with Crippen LogP contribution in [0.5, 0.6) is 5.75 Å². The minimum absolute atomic E-state index is 0.0449. The van der Waals surface area contributed by atoms with Gasteiger partial charge in [0.25, 0.3) is 5.91 Å². The Balaban J connectivity index is 1.72. The number of benzene rings is 2. The van der Waals surface area contributed by atoms with E-state index >= 15 is 0 Å². The molecule has 0 aliphatic carbocycles. The molecule has 0 saturated carbocycles. The van der Waals surface area contributed by atoms with Crippen LogP contribution in [0.25, 0.3) is 10.9 Å². The predicted molar refractivity (Wildman–Crippen MR) is 130 cm³/mol. The van der Waals surface area contributed by atoms with Crippen LogP contribution in [0.3, 0.4) is 0 Å². The van der Waals surface area contributed by atoms with Gasteiger partial charge in [-0.05, 0) is 68.4 Å². The first kappa shape index (κ1) is 22.1. The van der Waals surface area contributed by atoms with Crippen molar-refractivity contribution < 1.29 is 9.53 Å². The molecule has 168 valence electrons. The molecule has 2 aromatic carbocycles. The number of aromatic nitrogens is 1. The van der Waals surface area contributed by atoms with Crippen molar-refractivity contribution in [2.24, 2.45) is 5.10 Å². The van der Waals surface area contributed by atoms with Crippen LogP contribution in [-0.4, -0.2) is 58.9 Å². The van der Waals surface area contributed by atoms with E-state index in [9.17, 15) is 4.79 Å². The van der Waals surface area contributed by atoms with Crippen LogP contribution in [0.2, 0.25) is 0 Å². The van der Waals surface area contributed by atoms with Gasteiger partial charge in [-0.2, -0.15) is 5.10 Å². The SMILES string of the molecule is CCN(CC)[C@H](C)CCN1N=C(c2ccc(OC)cc2)Cn2c(cc3ccccc32)C1=O. The highest BCUT2D eigenvalue weighted by atomic mass is 16.5. The second kappa shape index (κ2) is 9.57. The third kappa shape index (κ3) is 4.28. The molecule has 2 heterocycles. The molecule has 0 N–H and O–H groups in total. The largest absolute Gasteiger partial charge is 0.497 e. The lowest BCUT2D eigenvalue weighted by atomic mass is 10.1. The van der Waals surface area contributed by atoms with Crippen molar-refractivity contribution in [3.63, 3.8) is 0 Å². The van der Waals surface area contributed by atoms with E-state index in [2.05, 4.69) is 42.4 Å².